The van der Waals surface area contributed by atoms with Crippen LogP contribution in [0.4, 0.5) is 5.13 Å². The van der Waals surface area contributed by atoms with E-state index in [4.69, 9.17) is 30.3 Å². The van der Waals surface area contributed by atoms with Gasteiger partial charge in [0.05, 0.1) is 6.61 Å². The Kier molecular flexibility index (Phi) is 11.4. The molecular weight excluding hydrogens is 606 g/mol. The van der Waals surface area contributed by atoms with Crippen molar-refractivity contribution < 1.29 is 64.1 Å². The minimum Gasteiger partial charge on any atom is -0.479 e. The molecule has 1 amide bonds. The second-order valence-electron chi connectivity index (χ2n) is 8.88. The molecule has 0 bridgehead atoms. The highest BCUT2D eigenvalue weighted by atomic mass is 32.2. The molecule has 0 radical (unpaired) electrons. The summed E-state index contributed by atoms with van der Waals surface area (Å²) in [5.74, 6) is -4.11. The van der Waals surface area contributed by atoms with Crippen molar-refractivity contribution in [3.05, 3.63) is 22.3 Å². The highest BCUT2D eigenvalue weighted by Crippen LogP contribution is 2.32. The van der Waals surface area contributed by atoms with Crippen LogP contribution >= 0.6 is 23.1 Å². The van der Waals surface area contributed by atoms with Gasteiger partial charge in [-0.1, -0.05) is 5.16 Å². The van der Waals surface area contributed by atoms with Crippen LogP contribution in [0.25, 0.3) is 0 Å². The van der Waals surface area contributed by atoms with Crippen molar-refractivity contribution in [2.24, 2.45) is 5.16 Å². The molecule has 0 saturated carbocycles. The average molecular weight is 636 g/mol. The van der Waals surface area contributed by atoms with Gasteiger partial charge < -0.3 is 61.3 Å². The molecule has 3 heterocycles. The van der Waals surface area contributed by atoms with Crippen LogP contribution < -0.4 is 16.4 Å². The highest BCUT2D eigenvalue weighted by molar-refractivity contribution is 8.00. The van der Waals surface area contributed by atoms with Crippen LogP contribution in [-0.4, -0.2) is 133 Å². The van der Waals surface area contributed by atoms with Crippen molar-refractivity contribution >= 4 is 57.8 Å². The van der Waals surface area contributed by atoms with Crippen molar-refractivity contribution in [3.63, 3.8) is 0 Å². The van der Waals surface area contributed by atoms with Gasteiger partial charge in [-0.05, 0) is 6.92 Å². The number of ether oxygens (including phenoxy) is 2. The monoisotopic (exact) mass is 635 g/mol. The van der Waals surface area contributed by atoms with Crippen LogP contribution in [0.15, 0.2) is 21.8 Å². The predicted molar refractivity (Wildman–Crippen MR) is 143 cm³/mol. The fourth-order valence-corrected chi connectivity index (χ4v) is 5.51. The molecule has 18 nitrogen and oxygen atoms in total. The lowest BCUT2D eigenvalue weighted by atomic mass is 10.0. The number of amides is 1. The number of nitrogen functional groups attached to an aromatic ring is 1. The second-order valence-corrected chi connectivity index (χ2v) is 10.9. The lowest BCUT2D eigenvalue weighted by Gasteiger charge is -2.31. The number of carboxylic acid groups (broad SMARTS) is 1. The fourth-order valence-electron chi connectivity index (χ4n) is 3.65. The molecule has 20 heteroatoms. The maximum Gasteiger partial charge on any atom is 0.355 e. The Hall–Kier alpha value is -3.53. The van der Waals surface area contributed by atoms with Crippen molar-refractivity contribution in [2.45, 2.75) is 48.9 Å². The third-order valence-corrected chi connectivity index (χ3v) is 7.79. The zero-order valence-corrected chi connectivity index (χ0v) is 23.4. The van der Waals surface area contributed by atoms with Crippen LogP contribution in [0.1, 0.15) is 12.6 Å². The molecule has 10 N–H and O–H groups in total. The van der Waals surface area contributed by atoms with E-state index in [1.807, 2.05) is 0 Å². The number of hydrogen-bond acceptors (Lipinski definition) is 18. The molecule has 0 saturated heterocycles. The van der Waals surface area contributed by atoms with Gasteiger partial charge >= 0.3 is 17.9 Å². The summed E-state index contributed by atoms with van der Waals surface area (Å²) < 4.78 is 10.3. The number of carbonyl (C=O) groups excluding carboxylic acids is 3. The Labute approximate surface area is 245 Å². The summed E-state index contributed by atoms with van der Waals surface area (Å²) in [5.41, 5.74) is 5.68. The third kappa shape index (κ3) is 8.06. The standard InChI is InChI=1S/C22H29N5O13S2/c1-7-8-5-41-19(26-13(8)21(37)40-7)15(20(36)38-3-11(30)17(34)16(33)10(29)2-28)25-18(35)14(27-39-4-12(31)32)9-6-42-22(23)24-9/h6-7,10-11,15-17,19,26,28-30,33-34H,2-5H2,1H3,(H2,23,24)(H,25,35)(H,31,32)/b27-14-. The molecule has 2 aliphatic rings. The third-order valence-electron chi connectivity index (χ3n) is 5.89. The Morgan fingerprint density at radius 1 is 1.26 bits per heavy atom. The predicted octanol–water partition coefficient (Wildman–Crippen LogP) is -4.14. The molecule has 7 unspecified atom stereocenters. The van der Waals surface area contributed by atoms with E-state index in [2.05, 4.69) is 20.8 Å². The first kappa shape index (κ1) is 33.0. The van der Waals surface area contributed by atoms with Crippen molar-refractivity contribution in [3.8, 4) is 0 Å². The lowest BCUT2D eigenvalue weighted by molar-refractivity contribution is -0.159. The summed E-state index contributed by atoms with van der Waals surface area (Å²) in [6.07, 6.45) is -8.25. The van der Waals surface area contributed by atoms with Gasteiger partial charge in [0.2, 0.25) is 6.61 Å². The minimum absolute atomic E-state index is 0.0404. The first-order valence-corrected chi connectivity index (χ1v) is 14.0. The number of hydrogen-bond donors (Lipinski definition) is 9. The maximum absolute atomic E-state index is 13.3. The topological polar surface area (TPSA) is 293 Å². The number of cyclic esters (lactones) is 1. The summed E-state index contributed by atoms with van der Waals surface area (Å²) in [7, 11) is 0. The molecule has 0 fully saturated rings. The van der Waals surface area contributed by atoms with Crippen LogP contribution in [0, 0.1) is 0 Å². The number of nitrogens with zero attached hydrogens (tertiary/aromatic N) is 2. The van der Waals surface area contributed by atoms with E-state index >= 15 is 0 Å². The van der Waals surface area contributed by atoms with Gasteiger partial charge in [-0.2, -0.15) is 0 Å². The van der Waals surface area contributed by atoms with E-state index in [9.17, 15) is 39.6 Å². The van der Waals surface area contributed by atoms with Gasteiger partial charge in [0.1, 0.15) is 53.9 Å². The number of oxime groups is 1. The molecule has 1 aromatic heterocycles. The van der Waals surface area contributed by atoms with Crippen molar-refractivity contribution in [1.82, 2.24) is 15.6 Å². The van der Waals surface area contributed by atoms with Gasteiger partial charge in [-0.3, -0.25) is 4.79 Å². The summed E-state index contributed by atoms with van der Waals surface area (Å²) in [6, 6.07) is -1.61. The van der Waals surface area contributed by atoms with Crippen LogP contribution in [0.5, 0.6) is 0 Å². The highest BCUT2D eigenvalue weighted by Gasteiger charge is 2.42. The van der Waals surface area contributed by atoms with Crippen molar-refractivity contribution in [2.75, 3.05) is 31.3 Å². The number of rotatable bonds is 14. The van der Waals surface area contributed by atoms with E-state index in [0.717, 1.165) is 23.1 Å². The first-order valence-electron chi connectivity index (χ1n) is 12.1. The number of aromatic nitrogens is 1. The molecule has 0 spiro atoms. The quantitative estimate of drug-likeness (QED) is 0.0532. The van der Waals surface area contributed by atoms with Gasteiger partial charge in [-0.15, -0.1) is 23.1 Å². The zero-order valence-electron chi connectivity index (χ0n) is 21.8. The Bertz CT molecular complexity index is 1240. The maximum atomic E-state index is 13.3. The van der Waals surface area contributed by atoms with E-state index in [1.165, 1.54) is 5.38 Å². The second kappa shape index (κ2) is 14.6. The summed E-state index contributed by atoms with van der Waals surface area (Å²) >= 11 is 2.03. The molecule has 0 aromatic carbocycles. The summed E-state index contributed by atoms with van der Waals surface area (Å²) in [4.78, 5) is 58.3. The molecule has 1 aromatic rings. The number of nitrogens with two attached hydrogens (primary N) is 1. The molecular formula is C22H29N5O13S2. The van der Waals surface area contributed by atoms with Crippen LogP contribution in [0.3, 0.4) is 0 Å². The molecule has 42 heavy (non-hydrogen) atoms. The number of thiazole rings is 1. The fraction of sp³-hybridized carbons (Fsp3) is 0.545. The normalized spacial score (nSPS) is 22.1. The SMILES string of the molecule is CC1OC(=O)C2=C1CSC(C(NC(=O)/C(=N\OCC(=O)O)c1csc(N)n1)C(=O)OCC(O)C(O)C(O)C(O)CO)N2. The van der Waals surface area contributed by atoms with Gasteiger partial charge in [0.25, 0.3) is 5.91 Å². The van der Waals surface area contributed by atoms with Crippen molar-refractivity contribution in [1.29, 1.82) is 0 Å². The Morgan fingerprint density at radius 3 is 2.57 bits per heavy atom. The summed E-state index contributed by atoms with van der Waals surface area (Å²) in [6.45, 7) is -1.09. The zero-order chi connectivity index (χ0) is 31.1. The van der Waals surface area contributed by atoms with E-state index in [1.54, 1.807) is 6.92 Å². The number of aliphatic hydroxyl groups is 5. The lowest BCUT2D eigenvalue weighted by Crippen LogP contribution is -2.56. The Balaban J connectivity index is 1.84. The van der Waals surface area contributed by atoms with Gasteiger partial charge in [-0.25, -0.2) is 19.4 Å². The number of esters is 2. The molecule has 232 valence electrons. The first-order chi connectivity index (χ1) is 19.8. The van der Waals surface area contributed by atoms with Gasteiger partial charge in [0.15, 0.2) is 16.9 Å². The largest absolute Gasteiger partial charge is 0.479 e. The smallest absolute Gasteiger partial charge is 0.355 e. The number of anilines is 1. The minimum atomic E-state index is -2.03. The van der Waals surface area contributed by atoms with E-state index in [-0.39, 0.29) is 22.3 Å². The molecule has 7 atom stereocenters. The molecule has 2 aliphatic heterocycles. The van der Waals surface area contributed by atoms with Gasteiger partial charge in [0, 0.05) is 16.7 Å². The average Bonchev–Trinajstić information content (AvgIpc) is 3.51. The number of carboxylic acids is 1. The van der Waals surface area contributed by atoms with Crippen LogP contribution in [-0.2, 0) is 33.5 Å². The molecule has 0 aliphatic carbocycles. The number of carbonyl (C=O) groups is 4. The van der Waals surface area contributed by atoms with E-state index < -0.39 is 91.3 Å². The molecule has 3 rings (SSSR count). The number of aliphatic carboxylic acids is 1. The van der Waals surface area contributed by atoms with E-state index in [0.29, 0.717) is 5.57 Å². The number of aliphatic hydroxyl groups excluding tert-OH is 5. The number of nitrogens with one attached hydrogen (secondary N) is 2. The summed E-state index contributed by atoms with van der Waals surface area (Å²) in [5, 5.41) is 66.3. The number of thioether (sulfide) groups is 1. The Morgan fingerprint density at radius 2 is 1.95 bits per heavy atom. The van der Waals surface area contributed by atoms with Crippen LogP contribution in [0.2, 0.25) is 0 Å².